The number of anilines is 1. The average molecular weight is 221 g/mol. The summed E-state index contributed by atoms with van der Waals surface area (Å²) < 4.78 is 5.58. The van der Waals surface area contributed by atoms with Crippen LogP contribution in [0.3, 0.4) is 0 Å². The van der Waals surface area contributed by atoms with Gasteiger partial charge < -0.3 is 10.5 Å². The molecule has 1 atom stereocenters. The molecular formula is C12H19N3O. The van der Waals surface area contributed by atoms with E-state index in [2.05, 4.69) is 16.9 Å². The smallest absolute Gasteiger partial charge is 0.133 e. The Balaban J connectivity index is 2.17. The van der Waals surface area contributed by atoms with Crippen molar-refractivity contribution in [2.75, 3.05) is 12.3 Å². The second-order valence-corrected chi connectivity index (χ2v) is 4.29. The Morgan fingerprint density at radius 2 is 2.25 bits per heavy atom. The van der Waals surface area contributed by atoms with Gasteiger partial charge in [-0.15, -0.1) is 0 Å². The zero-order valence-electron chi connectivity index (χ0n) is 9.99. The lowest BCUT2D eigenvalue weighted by atomic mass is 10.1. The van der Waals surface area contributed by atoms with Crippen LogP contribution in [0.2, 0.25) is 0 Å². The molecule has 0 aromatic carbocycles. The molecule has 2 rings (SSSR count). The van der Waals surface area contributed by atoms with E-state index in [0.29, 0.717) is 5.82 Å². The van der Waals surface area contributed by atoms with Crippen molar-refractivity contribution in [2.24, 2.45) is 0 Å². The standard InChI is InChI=1S/C12H19N3O/c1-3-10-8(2)12(13)15-11(14-10)7-9-5-4-6-16-9/h9H,3-7H2,1-2H3,(H2,13,14,15). The zero-order chi connectivity index (χ0) is 11.5. The SMILES string of the molecule is CCc1nc(CC2CCCO2)nc(N)c1C. The Morgan fingerprint density at radius 1 is 1.44 bits per heavy atom. The summed E-state index contributed by atoms with van der Waals surface area (Å²) in [6.07, 6.45) is 4.23. The normalized spacial score (nSPS) is 20.2. The summed E-state index contributed by atoms with van der Waals surface area (Å²) in [5.41, 5.74) is 7.95. The van der Waals surface area contributed by atoms with E-state index in [0.717, 1.165) is 49.4 Å². The van der Waals surface area contributed by atoms with Crippen LogP contribution in [-0.2, 0) is 17.6 Å². The molecule has 1 aromatic rings. The van der Waals surface area contributed by atoms with E-state index >= 15 is 0 Å². The largest absolute Gasteiger partial charge is 0.383 e. The first-order valence-corrected chi connectivity index (χ1v) is 5.94. The van der Waals surface area contributed by atoms with Crippen molar-refractivity contribution in [3.8, 4) is 0 Å². The molecular weight excluding hydrogens is 202 g/mol. The molecule has 2 heterocycles. The fraction of sp³-hybridized carbons (Fsp3) is 0.667. The Labute approximate surface area is 96.2 Å². The first-order valence-electron chi connectivity index (χ1n) is 5.94. The highest BCUT2D eigenvalue weighted by Gasteiger charge is 2.18. The van der Waals surface area contributed by atoms with Crippen LogP contribution < -0.4 is 5.73 Å². The molecule has 0 amide bonds. The third-order valence-corrected chi connectivity index (χ3v) is 3.10. The summed E-state index contributed by atoms with van der Waals surface area (Å²) in [4.78, 5) is 8.88. The highest BCUT2D eigenvalue weighted by Crippen LogP contribution is 2.18. The van der Waals surface area contributed by atoms with Crippen molar-refractivity contribution < 1.29 is 4.74 Å². The monoisotopic (exact) mass is 221 g/mol. The van der Waals surface area contributed by atoms with Crippen LogP contribution in [0.5, 0.6) is 0 Å². The van der Waals surface area contributed by atoms with Crippen molar-refractivity contribution in [2.45, 2.75) is 45.6 Å². The van der Waals surface area contributed by atoms with Gasteiger partial charge in [-0.25, -0.2) is 9.97 Å². The minimum Gasteiger partial charge on any atom is -0.383 e. The van der Waals surface area contributed by atoms with Gasteiger partial charge >= 0.3 is 0 Å². The van der Waals surface area contributed by atoms with Gasteiger partial charge in [-0.2, -0.15) is 0 Å². The molecule has 0 saturated carbocycles. The summed E-state index contributed by atoms with van der Waals surface area (Å²) in [5.74, 6) is 1.44. The van der Waals surface area contributed by atoms with Crippen molar-refractivity contribution in [1.82, 2.24) is 9.97 Å². The van der Waals surface area contributed by atoms with E-state index in [1.165, 1.54) is 0 Å². The molecule has 1 unspecified atom stereocenters. The number of nitrogens with two attached hydrogens (primary N) is 1. The maximum absolute atomic E-state index is 5.88. The molecule has 1 saturated heterocycles. The van der Waals surface area contributed by atoms with E-state index in [-0.39, 0.29) is 6.10 Å². The minimum absolute atomic E-state index is 0.284. The van der Waals surface area contributed by atoms with Crippen LogP contribution in [0.1, 0.15) is 36.8 Å². The van der Waals surface area contributed by atoms with Crippen molar-refractivity contribution >= 4 is 5.82 Å². The molecule has 0 aliphatic carbocycles. The Morgan fingerprint density at radius 3 is 2.88 bits per heavy atom. The van der Waals surface area contributed by atoms with Crippen LogP contribution in [0.15, 0.2) is 0 Å². The van der Waals surface area contributed by atoms with Crippen LogP contribution in [0.25, 0.3) is 0 Å². The van der Waals surface area contributed by atoms with Gasteiger partial charge in [0.1, 0.15) is 11.6 Å². The van der Waals surface area contributed by atoms with Crippen molar-refractivity contribution in [3.63, 3.8) is 0 Å². The van der Waals surface area contributed by atoms with Gasteiger partial charge in [-0.3, -0.25) is 0 Å². The molecule has 1 fully saturated rings. The fourth-order valence-corrected chi connectivity index (χ4v) is 2.08. The molecule has 4 heteroatoms. The molecule has 1 aromatic heterocycles. The summed E-state index contributed by atoms with van der Waals surface area (Å²) in [6, 6.07) is 0. The lowest BCUT2D eigenvalue weighted by Crippen LogP contribution is -2.14. The number of nitrogen functional groups attached to an aromatic ring is 1. The van der Waals surface area contributed by atoms with E-state index in [1.807, 2.05) is 6.92 Å². The lowest BCUT2D eigenvalue weighted by molar-refractivity contribution is 0.110. The van der Waals surface area contributed by atoms with Gasteiger partial charge in [0.2, 0.25) is 0 Å². The molecule has 88 valence electrons. The first-order chi connectivity index (χ1) is 7.70. The third kappa shape index (κ3) is 2.32. The zero-order valence-corrected chi connectivity index (χ0v) is 9.99. The maximum atomic E-state index is 5.88. The van der Waals surface area contributed by atoms with Crippen molar-refractivity contribution in [3.05, 3.63) is 17.1 Å². The van der Waals surface area contributed by atoms with Crippen LogP contribution in [-0.4, -0.2) is 22.7 Å². The highest BCUT2D eigenvalue weighted by atomic mass is 16.5. The molecule has 1 aliphatic rings. The van der Waals surface area contributed by atoms with E-state index in [9.17, 15) is 0 Å². The number of nitrogens with zero attached hydrogens (tertiary/aromatic N) is 2. The molecule has 0 bridgehead atoms. The van der Waals surface area contributed by atoms with Gasteiger partial charge in [-0.1, -0.05) is 6.92 Å². The van der Waals surface area contributed by atoms with Crippen LogP contribution in [0.4, 0.5) is 5.82 Å². The molecule has 16 heavy (non-hydrogen) atoms. The summed E-state index contributed by atoms with van der Waals surface area (Å²) in [6.45, 7) is 4.93. The lowest BCUT2D eigenvalue weighted by Gasteiger charge is -2.11. The van der Waals surface area contributed by atoms with Gasteiger partial charge in [0.15, 0.2) is 0 Å². The second-order valence-electron chi connectivity index (χ2n) is 4.29. The molecule has 2 N–H and O–H groups in total. The molecule has 0 spiro atoms. The second kappa shape index (κ2) is 4.78. The average Bonchev–Trinajstić information content (AvgIpc) is 2.76. The van der Waals surface area contributed by atoms with E-state index in [1.54, 1.807) is 0 Å². The summed E-state index contributed by atoms with van der Waals surface area (Å²) in [7, 11) is 0. The Kier molecular flexibility index (Phi) is 3.39. The Bertz CT molecular complexity index is 373. The number of aryl methyl sites for hydroxylation is 1. The first kappa shape index (κ1) is 11.3. The summed E-state index contributed by atoms with van der Waals surface area (Å²) >= 11 is 0. The van der Waals surface area contributed by atoms with Crippen LogP contribution in [0, 0.1) is 6.92 Å². The van der Waals surface area contributed by atoms with E-state index in [4.69, 9.17) is 10.5 Å². The predicted molar refractivity (Wildman–Crippen MR) is 63.2 cm³/mol. The fourth-order valence-electron chi connectivity index (χ4n) is 2.08. The van der Waals surface area contributed by atoms with E-state index < -0.39 is 0 Å². The predicted octanol–water partition coefficient (Wildman–Crippen LogP) is 1.65. The number of rotatable bonds is 3. The maximum Gasteiger partial charge on any atom is 0.133 e. The van der Waals surface area contributed by atoms with Crippen LogP contribution >= 0.6 is 0 Å². The van der Waals surface area contributed by atoms with Gasteiger partial charge in [0.25, 0.3) is 0 Å². The van der Waals surface area contributed by atoms with Crippen molar-refractivity contribution in [1.29, 1.82) is 0 Å². The highest BCUT2D eigenvalue weighted by molar-refractivity contribution is 5.41. The molecule has 1 aliphatic heterocycles. The molecule has 0 radical (unpaired) electrons. The number of ether oxygens (including phenoxy) is 1. The quantitative estimate of drug-likeness (QED) is 0.843. The van der Waals surface area contributed by atoms with Gasteiger partial charge in [0, 0.05) is 24.3 Å². The number of hydrogen-bond donors (Lipinski definition) is 1. The third-order valence-electron chi connectivity index (χ3n) is 3.10. The van der Waals surface area contributed by atoms with Gasteiger partial charge in [0.05, 0.1) is 6.10 Å². The summed E-state index contributed by atoms with van der Waals surface area (Å²) in [5, 5.41) is 0. The topological polar surface area (TPSA) is 61.0 Å². The minimum atomic E-state index is 0.284. The number of hydrogen-bond acceptors (Lipinski definition) is 4. The number of aromatic nitrogens is 2. The molecule has 4 nitrogen and oxygen atoms in total. The van der Waals surface area contributed by atoms with Gasteiger partial charge in [-0.05, 0) is 26.2 Å². The Hall–Kier alpha value is -1.16.